The summed E-state index contributed by atoms with van der Waals surface area (Å²) in [5, 5.41) is 6.61. The van der Waals surface area contributed by atoms with Gasteiger partial charge in [-0.05, 0) is 50.6 Å². The van der Waals surface area contributed by atoms with Crippen molar-refractivity contribution in [3.8, 4) is 5.75 Å². The fourth-order valence-electron chi connectivity index (χ4n) is 2.66. The molecule has 0 saturated carbocycles. The number of hydrogen-bond acceptors (Lipinski definition) is 5. The van der Waals surface area contributed by atoms with Crippen molar-refractivity contribution in [2.24, 2.45) is 0 Å². The molecular formula is C21H24N4O. The molecule has 0 aliphatic rings. The standard InChI is InChI=1S/C21H24N4O/c1-4-26-19-10-8-18(9-11-19)24-21-23-16(3)13-20(25-21)22-14-17-7-5-6-15(2)12-17/h5-13H,4,14H2,1-3H3,(H2,22,23,24,25). The second kappa shape index (κ2) is 8.34. The number of anilines is 3. The van der Waals surface area contributed by atoms with Crippen molar-refractivity contribution < 1.29 is 4.74 Å². The lowest BCUT2D eigenvalue weighted by molar-refractivity contribution is 0.340. The lowest BCUT2D eigenvalue weighted by Gasteiger charge is -2.11. The average molecular weight is 348 g/mol. The van der Waals surface area contributed by atoms with Crippen LogP contribution in [-0.4, -0.2) is 16.6 Å². The molecule has 0 aliphatic carbocycles. The third-order valence-corrected chi connectivity index (χ3v) is 3.83. The van der Waals surface area contributed by atoms with E-state index < -0.39 is 0 Å². The molecule has 134 valence electrons. The van der Waals surface area contributed by atoms with Crippen molar-refractivity contribution in [2.75, 3.05) is 17.2 Å². The van der Waals surface area contributed by atoms with Gasteiger partial charge in [0, 0.05) is 24.0 Å². The lowest BCUT2D eigenvalue weighted by Crippen LogP contribution is -2.05. The largest absolute Gasteiger partial charge is 0.494 e. The number of hydrogen-bond donors (Lipinski definition) is 2. The molecule has 0 atom stereocenters. The minimum Gasteiger partial charge on any atom is -0.494 e. The van der Waals surface area contributed by atoms with E-state index in [1.807, 2.05) is 44.2 Å². The molecule has 3 aromatic rings. The van der Waals surface area contributed by atoms with Gasteiger partial charge in [0.15, 0.2) is 0 Å². The van der Waals surface area contributed by atoms with Crippen LogP contribution in [0.2, 0.25) is 0 Å². The molecule has 0 unspecified atom stereocenters. The first-order chi connectivity index (χ1) is 12.6. The van der Waals surface area contributed by atoms with Crippen molar-refractivity contribution in [1.82, 2.24) is 9.97 Å². The normalized spacial score (nSPS) is 10.4. The fourth-order valence-corrected chi connectivity index (χ4v) is 2.66. The number of aryl methyl sites for hydroxylation is 2. The van der Waals surface area contributed by atoms with Gasteiger partial charge >= 0.3 is 0 Å². The Balaban J connectivity index is 1.68. The van der Waals surface area contributed by atoms with E-state index in [9.17, 15) is 0 Å². The Morgan fingerprint density at radius 3 is 2.50 bits per heavy atom. The molecule has 1 heterocycles. The molecular weight excluding hydrogens is 324 g/mol. The van der Waals surface area contributed by atoms with Crippen LogP contribution in [0.25, 0.3) is 0 Å². The molecule has 0 bridgehead atoms. The van der Waals surface area contributed by atoms with Crippen LogP contribution in [0.1, 0.15) is 23.7 Å². The van der Waals surface area contributed by atoms with Crippen molar-refractivity contribution in [3.05, 3.63) is 71.4 Å². The maximum atomic E-state index is 5.46. The number of nitrogens with zero attached hydrogens (tertiary/aromatic N) is 2. The topological polar surface area (TPSA) is 59.1 Å². The zero-order valence-electron chi connectivity index (χ0n) is 15.4. The predicted molar refractivity (Wildman–Crippen MR) is 106 cm³/mol. The van der Waals surface area contributed by atoms with Crippen molar-refractivity contribution in [1.29, 1.82) is 0 Å². The first-order valence-electron chi connectivity index (χ1n) is 8.77. The van der Waals surface area contributed by atoms with Gasteiger partial charge in [-0.2, -0.15) is 4.98 Å². The van der Waals surface area contributed by atoms with Crippen LogP contribution in [0.15, 0.2) is 54.6 Å². The minimum atomic E-state index is 0.570. The van der Waals surface area contributed by atoms with Crippen LogP contribution in [0.4, 0.5) is 17.5 Å². The highest BCUT2D eigenvalue weighted by Gasteiger charge is 2.04. The Morgan fingerprint density at radius 2 is 1.77 bits per heavy atom. The summed E-state index contributed by atoms with van der Waals surface area (Å²) < 4.78 is 5.46. The van der Waals surface area contributed by atoms with Crippen molar-refractivity contribution >= 4 is 17.5 Å². The molecule has 5 heteroatoms. The lowest BCUT2D eigenvalue weighted by atomic mass is 10.1. The molecule has 5 nitrogen and oxygen atoms in total. The summed E-state index contributed by atoms with van der Waals surface area (Å²) in [5.74, 6) is 2.22. The first-order valence-corrected chi connectivity index (χ1v) is 8.77. The van der Waals surface area contributed by atoms with E-state index in [2.05, 4.69) is 51.8 Å². The molecule has 26 heavy (non-hydrogen) atoms. The SMILES string of the molecule is CCOc1ccc(Nc2nc(C)cc(NCc3cccc(C)c3)n2)cc1. The van der Waals surface area contributed by atoms with Gasteiger partial charge < -0.3 is 15.4 Å². The van der Waals surface area contributed by atoms with Gasteiger partial charge in [-0.3, -0.25) is 0 Å². The molecule has 0 aliphatic heterocycles. The van der Waals surface area contributed by atoms with Gasteiger partial charge in [-0.25, -0.2) is 4.98 Å². The van der Waals surface area contributed by atoms with Gasteiger partial charge in [-0.15, -0.1) is 0 Å². The van der Waals surface area contributed by atoms with Crippen LogP contribution in [0.5, 0.6) is 5.75 Å². The van der Waals surface area contributed by atoms with E-state index in [1.165, 1.54) is 11.1 Å². The van der Waals surface area contributed by atoms with E-state index in [1.54, 1.807) is 0 Å². The smallest absolute Gasteiger partial charge is 0.229 e. The Hall–Kier alpha value is -3.08. The maximum absolute atomic E-state index is 5.46. The Morgan fingerprint density at radius 1 is 0.962 bits per heavy atom. The van der Waals surface area contributed by atoms with Gasteiger partial charge in [0.2, 0.25) is 5.95 Å². The molecule has 3 rings (SSSR count). The molecule has 2 aromatic carbocycles. The highest BCUT2D eigenvalue weighted by Crippen LogP contribution is 2.20. The fraction of sp³-hybridized carbons (Fsp3) is 0.238. The minimum absolute atomic E-state index is 0.570. The summed E-state index contributed by atoms with van der Waals surface area (Å²) in [6.45, 7) is 7.41. The summed E-state index contributed by atoms with van der Waals surface area (Å²) in [6, 6.07) is 18.1. The van der Waals surface area contributed by atoms with E-state index >= 15 is 0 Å². The molecule has 0 amide bonds. The molecule has 0 saturated heterocycles. The zero-order chi connectivity index (χ0) is 18.4. The van der Waals surface area contributed by atoms with E-state index in [-0.39, 0.29) is 0 Å². The summed E-state index contributed by atoms with van der Waals surface area (Å²) in [6.07, 6.45) is 0. The molecule has 0 spiro atoms. The van der Waals surface area contributed by atoms with E-state index in [0.717, 1.165) is 29.5 Å². The third kappa shape index (κ3) is 4.96. The molecule has 1 aromatic heterocycles. The number of ether oxygens (including phenoxy) is 1. The second-order valence-corrected chi connectivity index (χ2v) is 6.14. The average Bonchev–Trinajstić information content (AvgIpc) is 2.62. The van der Waals surface area contributed by atoms with Gasteiger partial charge in [0.05, 0.1) is 6.61 Å². The van der Waals surface area contributed by atoms with E-state index in [4.69, 9.17) is 4.74 Å². The van der Waals surface area contributed by atoms with Gasteiger partial charge in [0.25, 0.3) is 0 Å². The maximum Gasteiger partial charge on any atom is 0.229 e. The van der Waals surface area contributed by atoms with Gasteiger partial charge in [-0.1, -0.05) is 29.8 Å². The third-order valence-electron chi connectivity index (χ3n) is 3.83. The second-order valence-electron chi connectivity index (χ2n) is 6.14. The number of nitrogens with one attached hydrogen (secondary N) is 2. The quantitative estimate of drug-likeness (QED) is 0.639. The van der Waals surface area contributed by atoms with Crippen LogP contribution in [0.3, 0.4) is 0 Å². The van der Waals surface area contributed by atoms with E-state index in [0.29, 0.717) is 12.6 Å². The number of benzene rings is 2. The first kappa shape index (κ1) is 17.7. The summed E-state index contributed by atoms with van der Waals surface area (Å²) in [4.78, 5) is 9.02. The molecule has 0 fully saturated rings. The van der Waals surface area contributed by atoms with Crippen LogP contribution < -0.4 is 15.4 Å². The molecule has 0 radical (unpaired) electrons. The Labute approximate surface area is 154 Å². The van der Waals surface area contributed by atoms with Crippen LogP contribution in [-0.2, 0) is 6.54 Å². The number of aromatic nitrogens is 2. The highest BCUT2D eigenvalue weighted by molar-refractivity contribution is 5.56. The number of rotatable bonds is 7. The monoisotopic (exact) mass is 348 g/mol. The van der Waals surface area contributed by atoms with Crippen molar-refractivity contribution in [3.63, 3.8) is 0 Å². The van der Waals surface area contributed by atoms with Crippen molar-refractivity contribution in [2.45, 2.75) is 27.3 Å². The zero-order valence-corrected chi connectivity index (χ0v) is 15.4. The summed E-state index contributed by atoms with van der Waals surface area (Å²) in [7, 11) is 0. The summed E-state index contributed by atoms with van der Waals surface area (Å²) >= 11 is 0. The summed E-state index contributed by atoms with van der Waals surface area (Å²) in [5.41, 5.74) is 4.30. The van der Waals surface area contributed by atoms with Crippen LogP contribution in [0, 0.1) is 13.8 Å². The molecule has 2 N–H and O–H groups in total. The Kier molecular flexibility index (Phi) is 5.69. The highest BCUT2D eigenvalue weighted by atomic mass is 16.5. The van der Waals surface area contributed by atoms with Crippen LogP contribution >= 0.6 is 0 Å². The Bertz CT molecular complexity index is 862. The van der Waals surface area contributed by atoms with Gasteiger partial charge in [0.1, 0.15) is 11.6 Å². The predicted octanol–water partition coefficient (Wildman–Crippen LogP) is 4.85.